The Morgan fingerprint density at radius 3 is 2.67 bits per heavy atom. The summed E-state index contributed by atoms with van der Waals surface area (Å²) in [6.45, 7) is 2.76. The highest BCUT2D eigenvalue weighted by molar-refractivity contribution is 7.98. The third-order valence-corrected chi connectivity index (χ3v) is 3.21. The molecule has 0 amide bonds. The smallest absolute Gasteiger partial charge is 0.123 e. The second-order valence-corrected chi connectivity index (χ2v) is 5.09. The van der Waals surface area contributed by atoms with Gasteiger partial charge in [-0.1, -0.05) is 0 Å². The van der Waals surface area contributed by atoms with Crippen LogP contribution in [-0.2, 0) is 0 Å². The maximum Gasteiger partial charge on any atom is 0.123 e. The lowest BCUT2D eigenvalue weighted by Gasteiger charge is -2.16. The minimum atomic E-state index is -0.570. The molecular weight excluding hydrogens is 253 g/mol. The first-order valence-corrected chi connectivity index (χ1v) is 7.30. The van der Waals surface area contributed by atoms with Gasteiger partial charge in [0, 0.05) is 18.3 Å². The SMILES string of the molecule is CSCC(C)NCC(O)COc1ccc(F)cc1. The zero-order chi connectivity index (χ0) is 13.4. The van der Waals surface area contributed by atoms with Crippen molar-refractivity contribution in [1.29, 1.82) is 0 Å². The van der Waals surface area contributed by atoms with Gasteiger partial charge in [0.1, 0.15) is 24.3 Å². The van der Waals surface area contributed by atoms with Crippen LogP contribution < -0.4 is 10.1 Å². The lowest BCUT2D eigenvalue weighted by Crippen LogP contribution is -2.37. The van der Waals surface area contributed by atoms with Crippen molar-refractivity contribution in [3.63, 3.8) is 0 Å². The molecule has 0 spiro atoms. The van der Waals surface area contributed by atoms with Crippen LogP contribution in [-0.4, -0.2) is 42.4 Å². The van der Waals surface area contributed by atoms with Crippen molar-refractivity contribution in [2.75, 3.05) is 25.2 Å². The number of aliphatic hydroxyl groups excluding tert-OH is 1. The number of ether oxygens (including phenoxy) is 1. The molecule has 5 heteroatoms. The molecule has 2 unspecified atom stereocenters. The van der Waals surface area contributed by atoms with E-state index >= 15 is 0 Å². The number of halogens is 1. The fraction of sp³-hybridized carbons (Fsp3) is 0.538. The number of nitrogens with one attached hydrogen (secondary N) is 1. The second kappa shape index (κ2) is 8.34. The Morgan fingerprint density at radius 1 is 1.39 bits per heavy atom. The van der Waals surface area contributed by atoms with E-state index in [1.165, 1.54) is 12.1 Å². The van der Waals surface area contributed by atoms with Crippen molar-refractivity contribution in [3.8, 4) is 5.75 Å². The molecule has 2 atom stereocenters. The first-order chi connectivity index (χ1) is 8.61. The maximum absolute atomic E-state index is 12.7. The van der Waals surface area contributed by atoms with Crippen LogP contribution in [0.3, 0.4) is 0 Å². The number of aliphatic hydroxyl groups is 1. The minimum Gasteiger partial charge on any atom is -0.491 e. The van der Waals surface area contributed by atoms with Gasteiger partial charge in [-0.05, 0) is 37.4 Å². The van der Waals surface area contributed by atoms with Crippen molar-refractivity contribution in [2.45, 2.75) is 19.1 Å². The van der Waals surface area contributed by atoms with E-state index < -0.39 is 6.10 Å². The first kappa shape index (κ1) is 15.3. The minimum absolute atomic E-state index is 0.199. The quantitative estimate of drug-likeness (QED) is 0.759. The summed E-state index contributed by atoms with van der Waals surface area (Å²) in [5.41, 5.74) is 0. The van der Waals surface area contributed by atoms with E-state index in [-0.39, 0.29) is 12.4 Å². The number of rotatable bonds is 8. The zero-order valence-electron chi connectivity index (χ0n) is 10.7. The normalized spacial score (nSPS) is 14.2. The average Bonchev–Trinajstić information content (AvgIpc) is 2.36. The van der Waals surface area contributed by atoms with Gasteiger partial charge in [0.2, 0.25) is 0 Å². The number of hydrogen-bond acceptors (Lipinski definition) is 4. The highest BCUT2D eigenvalue weighted by atomic mass is 32.2. The molecule has 2 N–H and O–H groups in total. The molecule has 0 bridgehead atoms. The predicted octanol–water partition coefficient (Wildman–Crippen LogP) is 1.91. The summed E-state index contributed by atoms with van der Waals surface area (Å²) < 4.78 is 18.0. The van der Waals surface area contributed by atoms with Gasteiger partial charge >= 0.3 is 0 Å². The van der Waals surface area contributed by atoms with E-state index in [2.05, 4.69) is 12.2 Å². The fourth-order valence-electron chi connectivity index (χ4n) is 1.43. The molecule has 0 aromatic heterocycles. The van der Waals surface area contributed by atoms with E-state index in [0.29, 0.717) is 18.3 Å². The molecule has 102 valence electrons. The van der Waals surface area contributed by atoms with Gasteiger partial charge < -0.3 is 15.2 Å². The first-order valence-electron chi connectivity index (χ1n) is 5.90. The van der Waals surface area contributed by atoms with Crippen LogP contribution in [0.1, 0.15) is 6.92 Å². The van der Waals surface area contributed by atoms with Gasteiger partial charge in [0.15, 0.2) is 0 Å². The molecule has 1 aromatic carbocycles. The van der Waals surface area contributed by atoms with E-state index in [4.69, 9.17) is 4.74 Å². The molecule has 0 heterocycles. The summed E-state index contributed by atoms with van der Waals surface area (Å²) in [5.74, 6) is 1.27. The Kier molecular flexibility index (Phi) is 7.08. The van der Waals surface area contributed by atoms with E-state index in [1.807, 2.05) is 6.26 Å². The van der Waals surface area contributed by atoms with Gasteiger partial charge in [-0.15, -0.1) is 0 Å². The van der Waals surface area contributed by atoms with E-state index in [1.54, 1.807) is 23.9 Å². The summed E-state index contributed by atoms with van der Waals surface area (Å²) in [6, 6.07) is 6.12. The topological polar surface area (TPSA) is 41.5 Å². The van der Waals surface area contributed by atoms with Crippen LogP contribution in [0, 0.1) is 5.82 Å². The summed E-state index contributed by atoms with van der Waals surface area (Å²) in [5, 5.41) is 12.9. The van der Waals surface area contributed by atoms with Gasteiger partial charge in [0.25, 0.3) is 0 Å². The molecule has 0 saturated carbocycles. The van der Waals surface area contributed by atoms with Gasteiger partial charge in [-0.25, -0.2) is 4.39 Å². The molecule has 0 aliphatic heterocycles. The Bertz CT molecular complexity index is 334. The second-order valence-electron chi connectivity index (χ2n) is 4.18. The molecule has 0 radical (unpaired) electrons. The van der Waals surface area contributed by atoms with Gasteiger partial charge in [0.05, 0.1) is 0 Å². The Balaban J connectivity index is 2.20. The molecule has 0 fully saturated rings. The molecule has 18 heavy (non-hydrogen) atoms. The van der Waals surface area contributed by atoms with Crippen LogP contribution in [0.5, 0.6) is 5.75 Å². The maximum atomic E-state index is 12.7. The average molecular weight is 273 g/mol. The van der Waals surface area contributed by atoms with Crippen LogP contribution in [0.4, 0.5) is 4.39 Å². The summed E-state index contributed by atoms with van der Waals surface area (Å²) in [4.78, 5) is 0. The number of thioether (sulfide) groups is 1. The Hall–Kier alpha value is -0.780. The fourth-order valence-corrected chi connectivity index (χ4v) is 2.05. The summed E-state index contributed by atoms with van der Waals surface area (Å²) in [7, 11) is 0. The largest absolute Gasteiger partial charge is 0.491 e. The monoisotopic (exact) mass is 273 g/mol. The van der Waals surface area contributed by atoms with Crippen molar-refractivity contribution in [2.24, 2.45) is 0 Å². The third kappa shape index (κ3) is 6.23. The molecule has 0 aliphatic carbocycles. The number of benzene rings is 1. The molecule has 3 nitrogen and oxygen atoms in total. The molecule has 0 aliphatic rings. The lowest BCUT2D eigenvalue weighted by molar-refractivity contribution is 0.105. The Labute approximate surface area is 112 Å². The van der Waals surface area contributed by atoms with Crippen molar-refractivity contribution in [3.05, 3.63) is 30.1 Å². The molecule has 0 saturated heterocycles. The highest BCUT2D eigenvalue weighted by Gasteiger charge is 2.07. The van der Waals surface area contributed by atoms with Crippen molar-refractivity contribution >= 4 is 11.8 Å². The molecular formula is C13H20FNO2S. The summed E-state index contributed by atoms with van der Waals surface area (Å²) in [6.07, 6.45) is 1.48. The van der Waals surface area contributed by atoms with E-state index in [9.17, 15) is 9.50 Å². The standard InChI is InChI=1S/C13H20FNO2S/c1-10(9-18-2)15-7-12(16)8-17-13-5-3-11(14)4-6-13/h3-6,10,12,15-16H,7-9H2,1-2H3. The number of hydrogen-bond donors (Lipinski definition) is 2. The predicted molar refractivity (Wildman–Crippen MR) is 73.7 cm³/mol. The van der Waals surface area contributed by atoms with Gasteiger partial charge in [-0.3, -0.25) is 0 Å². The molecule has 1 aromatic rings. The van der Waals surface area contributed by atoms with Crippen molar-refractivity contribution < 1.29 is 14.2 Å². The van der Waals surface area contributed by atoms with E-state index in [0.717, 1.165) is 5.75 Å². The van der Waals surface area contributed by atoms with Crippen LogP contribution in [0.15, 0.2) is 24.3 Å². The zero-order valence-corrected chi connectivity index (χ0v) is 11.5. The lowest BCUT2D eigenvalue weighted by atomic mass is 10.3. The Morgan fingerprint density at radius 2 is 2.06 bits per heavy atom. The van der Waals surface area contributed by atoms with Crippen LogP contribution in [0.25, 0.3) is 0 Å². The summed E-state index contributed by atoms with van der Waals surface area (Å²) >= 11 is 1.76. The third-order valence-electron chi connectivity index (χ3n) is 2.37. The van der Waals surface area contributed by atoms with Crippen LogP contribution >= 0.6 is 11.8 Å². The van der Waals surface area contributed by atoms with Gasteiger partial charge in [-0.2, -0.15) is 11.8 Å². The highest BCUT2D eigenvalue weighted by Crippen LogP contribution is 2.11. The van der Waals surface area contributed by atoms with Crippen LogP contribution in [0.2, 0.25) is 0 Å². The van der Waals surface area contributed by atoms with Crippen molar-refractivity contribution in [1.82, 2.24) is 5.32 Å². The molecule has 1 rings (SSSR count).